The van der Waals surface area contributed by atoms with Gasteiger partial charge in [-0.05, 0) is 54.0 Å². The maximum absolute atomic E-state index is 11.7. The first-order chi connectivity index (χ1) is 17.8. The van der Waals surface area contributed by atoms with Gasteiger partial charge in [0.25, 0.3) is 0 Å². The standard InChI is InChI=1S/C25H40O5S.C3H8S.C3H8/c1-17(2)19(16-20(25(3,4)31)21-10-11-24(26)30-21)14-18-8-9-22(28-6)23(15-18)29-13-7-12-27-5;1-3(2)4;1-3-2/h8-9,15,17,19-21,31H,7,10-14,16H2,1-6H3;3-4H,1-2H3;3H2,1-2H3. The van der Waals surface area contributed by atoms with Crippen molar-refractivity contribution < 1.29 is 23.7 Å². The summed E-state index contributed by atoms with van der Waals surface area (Å²) in [6.07, 6.45) is 5.23. The summed E-state index contributed by atoms with van der Waals surface area (Å²) in [5.41, 5.74) is 1.22. The molecule has 1 saturated heterocycles. The molecule has 5 nitrogen and oxygen atoms in total. The van der Waals surface area contributed by atoms with E-state index in [1.165, 1.54) is 12.0 Å². The molecule has 1 heterocycles. The molecule has 0 aromatic heterocycles. The molecular weight excluding hydrogens is 516 g/mol. The fourth-order valence-electron chi connectivity index (χ4n) is 4.29. The maximum atomic E-state index is 11.7. The predicted octanol–water partition coefficient (Wildman–Crippen LogP) is 8.09. The highest BCUT2D eigenvalue weighted by atomic mass is 32.1. The molecule has 1 aromatic carbocycles. The van der Waals surface area contributed by atoms with E-state index in [1.807, 2.05) is 19.9 Å². The Balaban J connectivity index is 0.00000175. The molecule has 1 aliphatic rings. The van der Waals surface area contributed by atoms with E-state index in [0.29, 0.717) is 36.7 Å². The highest BCUT2D eigenvalue weighted by Crippen LogP contribution is 2.40. The SMILES string of the molecule is CC(C)S.CCC.COCCCOc1cc(CC(CC(C2CCC(=O)O2)C(C)(C)S)C(C)C)ccc1OC. The second-order valence-electron chi connectivity index (χ2n) is 11.3. The van der Waals surface area contributed by atoms with Gasteiger partial charge in [0, 0.05) is 37.2 Å². The van der Waals surface area contributed by atoms with Crippen LogP contribution in [0.1, 0.15) is 93.1 Å². The minimum atomic E-state index is -0.224. The van der Waals surface area contributed by atoms with Gasteiger partial charge in [0.15, 0.2) is 11.5 Å². The van der Waals surface area contributed by atoms with Gasteiger partial charge in [-0.2, -0.15) is 25.3 Å². The predicted molar refractivity (Wildman–Crippen MR) is 167 cm³/mol. The van der Waals surface area contributed by atoms with Gasteiger partial charge in [0.1, 0.15) is 6.10 Å². The van der Waals surface area contributed by atoms with Crippen LogP contribution in [0.5, 0.6) is 11.5 Å². The fraction of sp³-hybridized carbons (Fsp3) is 0.774. The number of hydrogen-bond acceptors (Lipinski definition) is 7. The fourth-order valence-corrected chi connectivity index (χ4v) is 4.56. The average molecular weight is 573 g/mol. The van der Waals surface area contributed by atoms with E-state index in [4.69, 9.17) is 31.6 Å². The normalized spacial score (nSPS) is 16.7. The molecule has 0 bridgehead atoms. The van der Waals surface area contributed by atoms with E-state index >= 15 is 0 Å². The van der Waals surface area contributed by atoms with Gasteiger partial charge >= 0.3 is 5.97 Å². The van der Waals surface area contributed by atoms with Gasteiger partial charge in [-0.1, -0.05) is 67.9 Å². The third-order valence-electron chi connectivity index (χ3n) is 6.25. The number of methoxy groups -OCH3 is 2. The molecule has 1 aliphatic heterocycles. The third kappa shape index (κ3) is 15.5. The molecule has 1 aromatic rings. The van der Waals surface area contributed by atoms with Crippen LogP contribution in [0.15, 0.2) is 18.2 Å². The molecular formula is C31H56O5S2. The Hall–Kier alpha value is -1.05. The van der Waals surface area contributed by atoms with E-state index in [1.54, 1.807) is 14.2 Å². The van der Waals surface area contributed by atoms with Crippen molar-refractivity contribution in [1.82, 2.24) is 0 Å². The number of carbonyl (C=O) groups excluding carboxylic acids is 1. The summed E-state index contributed by atoms with van der Waals surface area (Å²) in [5, 5.41) is 0.528. The summed E-state index contributed by atoms with van der Waals surface area (Å²) in [4.78, 5) is 11.7. The number of rotatable bonds is 13. The van der Waals surface area contributed by atoms with Crippen molar-refractivity contribution in [2.45, 2.75) is 110 Å². The Bertz CT molecular complexity index is 758. The van der Waals surface area contributed by atoms with Crippen LogP contribution >= 0.6 is 25.3 Å². The summed E-state index contributed by atoms with van der Waals surface area (Å²) in [6.45, 7) is 18.4. The summed E-state index contributed by atoms with van der Waals surface area (Å²) in [5.74, 6) is 2.56. The smallest absolute Gasteiger partial charge is 0.306 e. The zero-order valence-electron chi connectivity index (χ0n) is 25.7. The average Bonchev–Trinajstić information content (AvgIpc) is 3.24. The summed E-state index contributed by atoms with van der Waals surface area (Å²) >= 11 is 8.85. The highest BCUT2D eigenvalue weighted by Gasteiger charge is 2.40. The van der Waals surface area contributed by atoms with Crippen molar-refractivity contribution in [2.24, 2.45) is 17.8 Å². The minimum absolute atomic E-state index is 0.0446. The monoisotopic (exact) mass is 572 g/mol. The van der Waals surface area contributed by atoms with Crippen molar-refractivity contribution in [1.29, 1.82) is 0 Å². The first kappa shape index (κ1) is 37.0. The highest BCUT2D eigenvalue weighted by molar-refractivity contribution is 7.81. The Morgan fingerprint density at radius 3 is 2.13 bits per heavy atom. The molecule has 0 radical (unpaired) electrons. The van der Waals surface area contributed by atoms with E-state index in [2.05, 4.69) is 66.3 Å². The van der Waals surface area contributed by atoms with Gasteiger partial charge in [-0.3, -0.25) is 4.79 Å². The number of esters is 1. The molecule has 3 unspecified atom stereocenters. The summed E-state index contributed by atoms with van der Waals surface area (Å²) in [6, 6.07) is 6.20. The lowest BCUT2D eigenvalue weighted by atomic mass is 9.75. The molecule has 3 atom stereocenters. The van der Waals surface area contributed by atoms with E-state index in [0.717, 1.165) is 37.2 Å². The first-order valence-corrected chi connectivity index (χ1v) is 15.1. The van der Waals surface area contributed by atoms with Crippen molar-refractivity contribution >= 4 is 31.2 Å². The van der Waals surface area contributed by atoms with Crippen LogP contribution < -0.4 is 9.47 Å². The molecule has 0 N–H and O–H groups in total. The molecule has 2 rings (SSSR count). The van der Waals surface area contributed by atoms with Crippen LogP contribution in [0, 0.1) is 17.8 Å². The van der Waals surface area contributed by atoms with Gasteiger partial charge in [0.2, 0.25) is 0 Å². The quantitative estimate of drug-likeness (QED) is 0.142. The molecule has 0 spiro atoms. The third-order valence-corrected chi connectivity index (χ3v) is 6.58. The largest absolute Gasteiger partial charge is 0.493 e. The lowest BCUT2D eigenvalue weighted by Gasteiger charge is -2.37. The van der Waals surface area contributed by atoms with E-state index in [-0.39, 0.29) is 22.7 Å². The number of cyclic esters (lactones) is 1. The van der Waals surface area contributed by atoms with E-state index < -0.39 is 0 Å². The van der Waals surface area contributed by atoms with Crippen molar-refractivity contribution in [3.63, 3.8) is 0 Å². The maximum Gasteiger partial charge on any atom is 0.306 e. The first-order valence-electron chi connectivity index (χ1n) is 14.2. The second kappa shape index (κ2) is 19.9. The molecule has 0 saturated carbocycles. The summed E-state index contributed by atoms with van der Waals surface area (Å²) in [7, 11) is 3.36. The van der Waals surface area contributed by atoms with Gasteiger partial charge in [-0.25, -0.2) is 0 Å². The van der Waals surface area contributed by atoms with Crippen molar-refractivity contribution in [3.05, 3.63) is 23.8 Å². The van der Waals surface area contributed by atoms with Crippen molar-refractivity contribution in [3.8, 4) is 11.5 Å². The molecule has 0 amide bonds. The van der Waals surface area contributed by atoms with Crippen LogP contribution in [0.25, 0.3) is 0 Å². The molecule has 222 valence electrons. The Kier molecular flexibility index (Phi) is 19.4. The van der Waals surface area contributed by atoms with Gasteiger partial charge in [-0.15, -0.1) is 0 Å². The topological polar surface area (TPSA) is 54.0 Å². The van der Waals surface area contributed by atoms with Crippen LogP contribution in [0.2, 0.25) is 0 Å². The van der Waals surface area contributed by atoms with Crippen LogP contribution in [0.4, 0.5) is 0 Å². The number of carbonyl (C=O) groups is 1. The molecule has 1 fully saturated rings. The zero-order valence-corrected chi connectivity index (χ0v) is 27.5. The summed E-state index contributed by atoms with van der Waals surface area (Å²) < 4.78 is 22.0. The number of ether oxygens (including phenoxy) is 4. The Morgan fingerprint density at radius 1 is 1.08 bits per heavy atom. The Morgan fingerprint density at radius 2 is 1.68 bits per heavy atom. The lowest BCUT2D eigenvalue weighted by Crippen LogP contribution is -2.38. The number of benzene rings is 1. The van der Waals surface area contributed by atoms with Crippen LogP contribution in [0.3, 0.4) is 0 Å². The molecule has 0 aliphatic carbocycles. The zero-order chi connectivity index (χ0) is 29.3. The minimum Gasteiger partial charge on any atom is -0.493 e. The second-order valence-corrected chi connectivity index (χ2v) is 13.4. The van der Waals surface area contributed by atoms with Gasteiger partial charge < -0.3 is 18.9 Å². The Labute approximate surface area is 244 Å². The lowest BCUT2D eigenvalue weighted by molar-refractivity contribution is -0.143. The van der Waals surface area contributed by atoms with Gasteiger partial charge in [0.05, 0.1) is 13.7 Å². The van der Waals surface area contributed by atoms with Crippen LogP contribution in [-0.2, 0) is 20.7 Å². The number of hydrogen-bond donors (Lipinski definition) is 2. The number of thiol groups is 2. The molecule has 38 heavy (non-hydrogen) atoms. The van der Waals surface area contributed by atoms with Crippen LogP contribution in [-0.4, -0.2) is 49.5 Å². The molecule has 7 heteroatoms. The van der Waals surface area contributed by atoms with E-state index in [9.17, 15) is 4.79 Å². The van der Waals surface area contributed by atoms with Crippen molar-refractivity contribution in [2.75, 3.05) is 27.4 Å².